The molecule has 1 nitrogen and oxygen atoms in total. The Kier molecular flexibility index (Phi) is 4.78. The summed E-state index contributed by atoms with van der Waals surface area (Å²) in [6.07, 6.45) is 1.41. The zero-order valence-corrected chi connectivity index (χ0v) is 7.15. The minimum atomic E-state index is 0.880. The normalized spacial score (nSPS) is 26.0. The third-order valence-electron chi connectivity index (χ3n) is 1.86. The fraction of sp³-hybridized carbons (Fsp3) is 1.00. The summed E-state index contributed by atoms with van der Waals surface area (Å²) in [5.74, 6) is 0. The highest BCUT2D eigenvalue weighted by Crippen LogP contribution is 2.14. The van der Waals surface area contributed by atoms with Crippen LogP contribution in [0.1, 0.15) is 34.1 Å². The second kappa shape index (κ2) is 4.80. The van der Waals surface area contributed by atoms with Crippen LogP contribution in [0.15, 0.2) is 0 Å². The molecule has 0 bridgehead atoms. The van der Waals surface area contributed by atoms with E-state index in [9.17, 15) is 0 Å². The number of nitrogens with zero attached hydrogens (tertiary/aromatic N) is 1. The van der Waals surface area contributed by atoms with Gasteiger partial charge in [0.1, 0.15) is 0 Å². The van der Waals surface area contributed by atoms with Crippen molar-refractivity contribution >= 4 is 0 Å². The van der Waals surface area contributed by atoms with Gasteiger partial charge in [-0.3, -0.25) is 0 Å². The van der Waals surface area contributed by atoms with E-state index in [1.807, 2.05) is 13.8 Å². The second-order valence-electron chi connectivity index (χ2n) is 2.27. The summed E-state index contributed by atoms with van der Waals surface area (Å²) in [7, 11) is 0. The van der Waals surface area contributed by atoms with Gasteiger partial charge >= 0.3 is 0 Å². The monoisotopic (exact) mass is 129 g/mol. The first-order valence-corrected chi connectivity index (χ1v) is 4.08. The zero-order valence-electron chi connectivity index (χ0n) is 7.15. The SMILES string of the molecule is CC.CCN1CCC1C. The van der Waals surface area contributed by atoms with E-state index >= 15 is 0 Å². The van der Waals surface area contributed by atoms with E-state index in [1.54, 1.807) is 0 Å². The predicted molar refractivity (Wildman–Crippen MR) is 42.7 cm³/mol. The molecule has 0 N–H and O–H groups in total. The molecule has 1 aliphatic heterocycles. The first kappa shape index (κ1) is 8.96. The van der Waals surface area contributed by atoms with Gasteiger partial charge in [0.25, 0.3) is 0 Å². The van der Waals surface area contributed by atoms with Crippen molar-refractivity contribution in [1.29, 1.82) is 0 Å². The van der Waals surface area contributed by atoms with Crippen molar-refractivity contribution in [3.05, 3.63) is 0 Å². The number of likely N-dealkylation sites (tertiary alicyclic amines) is 1. The molecular weight excluding hydrogens is 110 g/mol. The van der Waals surface area contributed by atoms with Crippen molar-refractivity contribution in [3.8, 4) is 0 Å². The fourth-order valence-corrected chi connectivity index (χ4v) is 1.04. The van der Waals surface area contributed by atoms with Crippen LogP contribution in [-0.4, -0.2) is 24.0 Å². The molecule has 56 valence electrons. The van der Waals surface area contributed by atoms with Crippen LogP contribution in [0, 0.1) is 0 Å². The summed E-state index contributed by atoms with van der Waals surface area (Å²) in [5.41, 5.74) is 0. The molecule has 0 aromatic heterocycles. The van der Waals surface area contributed by atoms with E-state index in [-0.39, 0.29) is 0 Å². The van der Waals surface area contributed by atoms with Crippen LogP contribution in [0.2, 0.25) is 0 Å². The molecule has 0 aromatic carbocycles. The van der Waals surface area contributed by atoms with Gasteiger partial charge in [0.05, 0.1) is 0 Å². The van der Waals surface area contributed by atoms with Crippen molar-refractivity contribution in [1.82, 2.24) is 4.90 Å². The molecule has 1 saturated heterocycles. The standard InChI is InChI=1S/C6H13N.C2H6/c1-3-7-5-4-6(7)2;1-2/h6H,3-5H2,1-2H3;1-2H3. The number of hydrogen-bond donors (Lipinski definition) is 0. The average Bonchev–Trinajstić information content (AvgIpc) is 1.91. The zero-order chi connectivity index (χ0) is 7.28. The third-order valence-corrected chi connectivity index (χ3v) is 1.86. The van der Waals surface area contributed by atoms with E-state index < -0.39 is 0 Å². The maximum atomic E-state index is 2.47. The Morgan fingerprint density at radius 3 is 2.00 bits per heavy atom. The average molecular weight is 129 g/mol. The fourth-order valence-electron chi connectivity index (χ4n) is 1.04. The largest absolute Gasteiger partial charge is 0.301 e. The van der Waals surface area contributed by atoms with Gasteiger partial charge in [-0.05, 0) is 26.4 Å². The van der Waals surface area contributed by atoms with Crippen LogP contribution >= 0.6 is 0 Å². The summed E-state index contributed by atoms with van der Waals surface area (Å²) in [6, 6.07) is 0.880. The van der Waals surface area contributed by atoms with E-state index in [0.717, 1.165) is 6.04 Å². The van der Waals surface area contributed by atoms with Crippen molar-refractivity contribution in [3.63, 3.8) is 0 Å². The van der Waals surface area contributed by atoms with E-state index in [4.69, 9.17) is 0 Å². The number of hydrogen-bond acceptors (Lipinski definition) is 1. The van der Waals surface area contributed by atoms with Gasteiger partial charge in [0.2, 0.25) is 0 Å². The van der Waals surface area contributed by atoms with Crippen LogP contribution in [0.3, 0.4) is 0 Å². The van der Waals surface area contributed by atoms with Crippen molar-refractivity contribution in [2.45, 2.75) is 40.2 Å². The van der Waals surface area contributed by atoms with Gasteiger partial charge in [0, 0.05) is 6.04 Å². The first-order chi connectivity index (χ1) is 4.34. The molecule has 1 aliphatic rings. The molecule has 0 saturated carbocycles. The Morgan fingerprint density at radius 1 is 1.44 bits per heavy atom. The molecule has 1 heteroatoms. The molecule has 0 amide bonds. The maximum absolute atomic E-state index is 2.47. The smallest absolute Gasteiger partial charge is 0.00789 e. The van der Waals surface area contributed by atoms with Gasteiger partial charge in [-0.25, -0.2) is 0 Å². The third kappa shape index (κ3) is 2.35. The summed E-state index contributed by atoms with van der Waals surface area (Å²) in [6.45, 7) is 11.1. The van der Waals surface area contributed by atoms with Crippen molar-refractivity contribution in [2.24, 2.45) is 0 Å². The highest BCUT2D eigenvalue weighted by Gasteiger charge is 2.20. The van der Waals surface area contributed by atoms with Crippen LogP contribution < -0.4 is 0 Å². The predicted octanol–water partition coefficient (Wildman–Crippen LogP) is 2.13. The summed E-state index contributed by atoms with van der Waals surface area (Å²) < 4.78 is 0. The first-order valence-electron chi connectivity index (χ1n) is 4.08. The Bertz CT molecular complexity index is 59.6. The van der Waals surface area contributed by atoms with Crippen molar-refractivity contribution < 1.29 is 0 Å². The Hall–Kier alpha value is -0.0400. The minimum Gasteiger partial charge on any atom is -0.301 e. The van der Waals surface area contributed by atoms with Crippen LogP contribution in [-0.2, 0) is 0 Å². The molecule has 1 unspecified atom stereocenters. The molecule has 9 heavy (non-hydrogen) atoms. The molecule has 1 fully saturated rings. The molecular formula is C8H19N. The van der Waals surface area contributed by atoms with Gasteiger partial charge in [-0.2, -0.15) is 0 Å². The molecule has 1 heterocycles. The Morgan fingerprint density at radius 2 is 2.00 bits per heavy atom. The topological polar surface area (TPSA) is 3.24 Å². The molecule has 0 aromatic rings. The van der Waals surface area contributed by atoms with Crippen LogP contribution in [0.5, 0.6) is 0 Å². The Balaban J connectivity index is 0.000000291. The van der Waals surface area contributed by atoms with E-state index in [1.165, 1.54) is 19.5 Å². The van der Waals surface area contributed by atoms with Crippen LogP contribution in [0.4, 0.5) is 0 Å². The lowest BCUT2D eigenvalue weighted by Gasteiger charge is -2.37. The molecule has 0 radical (unpaired) electrons. The highest BCUT2D eigenvalue weighted by molar-refractivity contribution is 4.76. The lowest BCUT2D eigenvalue weighted by Crippen LogP contribution is -2.45. The Labute approximate surface area is 59.1 Å². The number of rotatable bonds is 1. The highest BCUT2D eigenvalue weighted by atomic mass is 15.2. The summed E-state index contributed by atoms with van der Waals surface area (Å²) >= 11 is 0. The van der Waals surface area contributed by atoms with Gasteiger partial charge in [-0.15, -0.1) is 0 Å². The molecule has 1 atom stereocenters. The molecule has 1 rings (SSSR count). The van der Waals surface area contributed by atoms with Gasteiger partial charge in [-0.1, -0.05) is 20.8 Å². The van der Waals surface area contributed by atoms with Gasteiger partial charge < -0.3 is 4.90 Å². The van der Waals surface area contributed by atoms with Crippen LogP contribution in [0.25, 0.3) is 0 Å². The van der Waals surface area contributed by atoms with Crippen molar-refractivity contribution in [2.75, 3.05) is 13.1 Å². The summed E-state index contributed by atoms with van der Waals surface area (Å²) in [5, 5.41) is 0. The lowest BCUT2D eigenvalue weighted by molar-refractivity contribution is 0.113. The quantitative estimate of drug-likeness (QED) is 0.524. The lowest BCUT2D eigenvalue weighted by atomic mass is 10.1. The summed E-state index contributed by atoms with van der Waals surface area (Å²) in [4.78, 5) is 2.47. The minimum absolute atomic E-state index is 0.880. The van der Waals surface area contributed by atoms with E-state index in [0.29, 0.717) is 0 Å². The molecule has 0 spiro atoms. The van der Waals surface area contributed by atoms with E-state index in [2.05, 4.69) is 18.7 Å². The van der Waals surface area contributed by atoms with Gasteiger partial charge in [0.15, 0.2) is 0 Å². The second-order valence-corrected chi connectivity index (χ2v) is 2.27. The maximum Gasteiger partial charge on any atom is 0.00789 e. The molecule has 0 aliphatic carbocycles.